The summed E-state index contributed by atoms with van der Waals surface area (Å²) in [6.07, 6.45) is 31.1. The van der Waals surface area contributed by atoms with E-state index in [0.717, 1.165) is 44.9 Å². The lowest BCUT2D eigenvalue weighted by Gasteiger charge is -2.44. The molecule has 0 amide bonds. The molecule has 3 nitrogen and oxygen atoms in total. The number of aliphatic hydroxyl groups is 1. The van der Waals surface area contributed by atoms with Crippen molar-refractivity contribution in [3.05, 3.63) is 53.3 Å². The van der Waals surface area contributed by atoms with E-state index in [-0.39, 0.29) is 23.6 Å². The highest BCUT2D eigenvalue weighted by Gasteiger charge is 2.56. The van der Waals surface area contributed by atoms with Crippen molar-refractivity contribution in [2.24, 2.45) is 29.1 Å². The first kappa shape index (κ1) is 40.6. The zero-order valence-electron chi connectivity index (χ0n) is 32.1. The standard InChI is InChI=1S/C45H74O3/c1-8-10-11-12-13-14-15-16-17-18-19-20-25-37(9-2)44(47)48-42-33-41-38(28-29-39-32-40(46)30-27-35(39)5)26-22-31-45(41,7)43(42)36(6)24-21-23-34(3)4/h28-29,34,36,40-43,46H,2,5,8,10-27,30-33H2,1,3-4,6-7H3/b38-28+,39-29+/t36-,40+,41+,42?,43+,45-/m1/s1. The first-order valence-corrected chi connectivity index (χ1v) is 20.5. The Labute approximate surface area is 296 Å². The monoisotopic (exact) mass is 663 g/mol. The van der Waals surface area contributed by atoms with Crippen LogP contribution in [0.5, 0.6) is 0 Å². The van der Waals surface area contributed by atoms with Gasteiger partial charge in [0, 0.05) is 5.92 Å². The van der Waals surface area contributed by atoms with Crippen LogP contribution in [0.4, 0.5) is 0 Å². The summed E-state index contributed by atoms with van der Waals surface area (Å²) in [5.74, 6) is 1.78. The van der Waals surface area contributed by atoms with Crippen LogP contribution in [0.3, 0.4) is 0 Å². The predicted octanol–water partition coefficient (Wildman–Crippen LogP) is 12.9. The van der Waals surface area contributed by atoms with Gasteiger partial charge < -0.3 is 9.84 Å². The molecule has 0 aromatic heterocycles. The van der Waals surface area contributed by atoms with Gasteiger partial charge in [-0.05, 0) is 86.5 Å². The molecule has 0 heterocycles. The second-order valence-electron chi connectivity index (χ2n) is 16.6. The third-order valence-electron chi connectivity index (χ3n) is 12.3. The zero-order chi connectivity index (χ0) is 34.9. The summed E-state index contributed by atoms with van der Waals surface area (Å²) in [4.78, 5) is 13.7. The summed E-state index contributed by atoms with van der Waals surface area (Å²) in [6.45, 7) is 20.0. The number of esters is 1. The van der Waals surface area contributed by atoms with E-state index < -0.39 is 0 Å². The van der Waals surface area contributed by atoms with Crippen molar-refractivity contribution in [1.29, 1.82) is 0 Å². The molecule has 3 saturated carbocycles. The topological polar surface area (TPSA) is 46.5 Å². The highest BCUT2D eigenvalue weighted by molar-refractivity contribution is 5.88. The van der Waals surface area contributed by atoms with Crippen molar-refractivity contribution >= 4 is 5.97 Å². The van der Waals surface area contributed by atoms with E-state index >= 15 is 0 Å². The highest BCUT2D eigenvalue weighted by Crippen LogP contribution is 2.61. The first-order chi connectivity index (χ1) is 23.1. The molecule has 48 heavy (non-hydrogen) atoms. The van der Waals surface area contributed by atoms with Gasteiger partial charge in [0.2, 0.25) is 0 Å². The van der Waals surface area contributed by atoms with E-state index in [1.165, 1.54) is 113 Å². The number of allylic oxidation sites excluding steroid dienone is 4. The molecule has 0 bridgehead atoms. The number of carbonyl (C=O) groups excluding carboxylic acids is 1. The Bertz CT molecular complexity index is 1100. The first-order valence-electron chi connectivity index (χ1n) is 20.5. The van der Waals surface area contributed by atoms with Crippen molar-refractivity contribution in [3.63, 3.8) is 0 Å². The van der Waals surface area contributed by atoms with Gasteiger partial charge in [-0.15, -0.1) is 5.73 Å². The Hall–Kier alpha value is -1.83. The summed E-state index contributed by atoms with van der Waals surface area (Å²) < 4.78 is 6.55. The van der Waals surface area contributed by atoms with E-state index in [0.29, 0.717) is 35.7 Å². The maximum absolute atomic E-state index is 13.7. The fourth-order valence-electron chi connectivity index (χ4n) is 9.44. The van der Waals surface area contributed by atoms with Crippen LogP contribution in [0, 0.1) is 29.1 Å². The van der Waals surface area contributed by atoms with Crippen molar-refractivity contribution in [2.45, 2.75) is 195 Å². The van der Waals surface area contributed by atoms with Crippen molar-refractivity contribution in [1.82, 2.24) is 0 Å². The lowest BCUT2D eigenvalue weighted by Crippen LogP contribution is -2.39. The van der Waals surface area contributed by atoms with E-state index in [2.05, 4.69) is 65.7 Å². The van der Waals surface area contributed by atoms with Crippen molar-refractivity contribution in [3.8, 4) is 0 Å². The maximum Gasteiger partial charge on any atom is 0.342 e. The molecule has 3 aliphatic rings. The Kier molecular flexibility index (Phi) is 18.1. The minimum absolute atomic E-state index is 0.0764. The zero-order valence-corrected chi connectivity index (χ0v) is 32.1. The molecule has 272 valence electrons. The number of carbonyl (C=O) groups is 1. The third-order valence-corrected chi connectivity index (χ3v) is 12.3. The molecule has 0 spiro atoms. The lowest BCUT2D eigenvalue weighted by atomic mass is 9.60. The number of hydrogen-bond donors (Lipinski definition) is 1. The molecule has 1 N–H and O–H groups in total. The summed E-state index contributed by atoms with van der Waals surface area (Å²) in [6, 6.07) is 0. The van der Waals surface area contributed by atoms with Gasteiger partial charge in [-0.3, -0.25) is 0 Å². The normalized spacial score (nSPS) is 28.1. The van der Waals surface area contributed by atoms with Crippen molar-refractivity contribution < 1.29 is 14.6 Å². The Balaban J connectivity index is 1.61. The van der Waals surface area contributed by atoms with Gasteiger partial charge in [0.25, 0.3) is 0 Å². The molecule has 0 aromatic carbocycles. The molecule has 3 aliphatic carbocycles. The Morgan fingerprint density at radius 2 is 1.60 bits per heavy atom. The second-order valence-corrected chi connectivity index (χ2v) is 16.6. The number of aliphatic hydroxyl groups excluding tert-OH is 1. The van der Waals surface area contributed by atoms with Crippen LogP contribution < -0.4 is 0 Å². The minimum atomic E-state index is -0.259. The molecular formula is C45H74O3. The van der Waals surface area contributed by atoms with Gasteiger partial charge in [0.05, 0.1) is 11.7 Å². The Morgan fingerprint density at radius 3 is 2.23 bits per heavy atom. The molecule has 6 atom stereocenters. The minimum Gasteiger partial charge on any atom is -0.458 e. The van der Waals surface area contributed by atoms with Crippen LogP contribution in [0.15, 0.2) is 53.3 Å². The molecule has 0 aliphatic heterocycles. The fourth-order valence-corrected chi connectivity index (χ4v) is 9.44. The van der Waals surface area contributed by atoms with Gasteiger partial charge in [0.15, 0.2) is 0 Å². The molecule has 3 heteroatoms. The van der Waals surface area contributed by atoms with Crippen LogP contribution >= 0.6 is 0 Å². The largest absolute Gasteiger partial charge is 0.458 e. The maximum atomic E-state index is 13.7. The van der Waals surface area contributed by atoms with Crippen LogP contribution in [-0.2, 0) is 9.53 Å². The molecule has 1 unspecified atom stereocenters. The molecule has 0 aromatic rings. The predicted molar refractivity (Wildman–Crippen MR) is 205 cm³/mol. The summed E-state index contributed by atoms with van der Waals surface area (Å²) in [7, 11) is 0. The molecular weight excluding hydrogens is 588 g/mol. The summed E-state index contributed by atoms with van der Waals surface area (Å²) in [5.41, 5.74) is 7.62. The smallest absolute Gasteiger partial charge is 0.342 e. The number of unbranched alkanes of at least 4 members (excludes halogenated alkanes) is 11. The quantitative estimate of drug-likeness (QED) is 0.0576. The van der Waals surface area contributed by atoms with E-state index in [1.807, 2.05) is 0 Å². The Morgan fingerprint density at radius 1 is 0.958 bits per heavy atom. The highest BCUT2D eigenvalue weighted by atomic mass is 16.5. The summed E-state index contributed by atoms with van der Waals surface area (Å²) in [5, 5.41) is 10.3. The van der Waals surface area contributed by atoms with Gasteiger partial charge in [-0.1, -0.05) is 161 Å². The fraction of sp³-hybridized carbons (Fsp3) is 0.778. The van der Waals surface area contributed by atoms with E-state index in [1.54, 1.807) is 0 Å². The molecule has 3 fully saturated rings. The average molecular weight is 663 g/mol. The van der Waals surface area contributed by atoms with Crippen LogP contribution in [0.2, 0.25) is 0 Å². The number of fused-ring (bicyclic) bond motifs is 1. The number of ether oxygens (including phenoxy) is 1. The van der Waals surface area contributed by atoms with Crippen molar-refractivity contribution in [2.75, 3.05) is 0 Å². The van der Waals surface area contributed by atoms with Gasteiger partial charge in [-0.2, -0.15) is 0 Å². The SMILES string of the molecule is C=C=C(CCCCCCCCCCCCCC)C(=O)OC1C[C@H]2/C(=C/C=C3\C[C@@H](O)CCC3=C)CCC[C@@]2(C)[C@H]1[C@H](C)CCCC(C)C. The van der Waals surface area contributed by atoms with E-state index in [4.69, 9.17) is 4.74 Å². The van der Waals surface area contributed by atoms with Crippen LogP contribution in [-0.4, -0.2) is 23.3 Å². The van der Waals surface area contributed by atoms with Crippen LogP contribution in [0.1, 0.15) is 182 Å². The molecule has 0 radical (unpaired) electrons. The second kappa shape index (κ2) is 21.4. The van der Waals surface area contributed by atoms with Gasteiger partial charge in [0.1, 0.15) is 6.10 Å². The lowest BCUT2D eigenvalue weighted by molar-refractivity contribution is -0.148. The molecule has 3 rings (SSSR count). The van der Waals surface area contributed by atoms with Gasteiger partial charge >= 0.3 is 5.97 Å². The van der Waals surface area contributed by atoms with E-state index in [9.17, 15) is 9.90 Å². The average Bonchev–Trinajstić information content (AvgIpc) is 3.35. The molecule has 0 saturated heterocycles. The van der Waals surface area contributed by atoms with Gasteiger partial charge in [-0.25, -0.2) is 4.79 Å². The number of hydrogen-bond acceptors (Lipinski definition) is 3. The summed E-state index contributed by atoms with van der Waals surface area (Å²) >= 11 is 0. The third kappa shape index (κ3) is 12.5. The number of rotatable bonds is 21. The van der Waals surface area contributed by atoms with Crippen LogP contribution in [0.25, 0.3) is 0 Å².